The molecule has 20 heavy (non-hydrogen) atoms. The minimum absolute atomic E-state index is 0.155. The van der Waals surface area contributed by atoms with Crippen LogP contribution in [0.4, 0.5) is 5.95 Å². The van der Waals surface area contributed by atoms with Crippen LogP contribution in [-0.2, 0) is 4.79 Å². The molecule has 1 saturated heterocycles. The zero-order valence-electron chi connectivity index (χ0n) is 10.7. The van der Waals surface area contributed by atoms with Crippen LogP contribution >= 0.6 is 11.6 Å². The number of fused-ring (bicyclic) bond motifs is 1. The zero-order valence-corrected chi connectivity index (χ0v) is 11.4. The zero-order chi connectivity index (χ0) is 13.9. The molecule has 9 heteroatoms. The first-order valence-electron chi connectivity index (χ1n) is 6.32. The van der Waals surface area contributed by atoms with Crippen molar-refractivity contribution < 1.29 is 4.79 Å². The average molecular weight is 296 g/mol. The third kappa shape index (κ3) is 2.87. The Bertz CT molecular complexity index is 622. The second kappa shape index (κ2) is 5.70. The molecule has 0 unspecified atom stereocenters. The molecule has 1 amide bonds. The van der Waals surface area contributed by atoms with E-state index in [1.54, 1.807) is 0 Å². The molecule has 0 saturated carbocycles. The van der Waals surface area contributed by atoms with E-state index in [4.69, 9.17) is 11.6 Å². The molecule has 106 valence electrons. The monoisotopic (exact) mass is 295 g/mol. The average Bonchev–Trinajstić information content (AvgIpc) is 2.88. The highest BCUT2D eigenvalue weighted by molar-refractivity contribution is 6.33. The van der Waals surface area contributed by atoms with Gasteiger partial charge in [0.1, 0.15) is 5.52 Å². The van der Waals surface area contributed by atoms with Gasteiger partial charge in [0, 0.05) is 26.2 Å². The number of nitrogens with zero attached hydrogens (tertiary/aromatic N) is 4. The summed E-state index contributed by atoms with van der Waals surface area (Å²) in [6, 6.07) is 0. The summed E-state index contributed by atoms with van der Waals surface area (Å²) in [6.07, 6.45) is 1.48. The number of hydrogen-bond acceptors (Lipinski definition) is 6. The van der Waals surface area contributed by atoms with Gasteiger partial charge in [-0.1, -0.05) is 11.6 Å². The van der Waals surface area contributed by atoms with Gasteiger partial charge in [0.2, 0.25) is 11.9 Å². The van der Waals surface area contributed by atoms with E-state index < -0.39 is 0 Å². The fourth-order valence-electron chi connectivity index (χ4n) is 2.09. The molecular formula is C11H14ClN7O. The van der Waals surface area contributed by atoms with Crippen LogP contribution in [0.5, 0.6) is 0 Å². The van der Waals surface area contributed by atoms with Crippen LogP contribution in [0.2, 0.25) is 5.15 Å². The molecule has 1 aliphatic rings. The fraction of sp³-hybridized carbons (Fsp3) is 0.455. The van der Waals surface area contributed by atoms with E-state index >= 15 is 0 Å². The molecular weight excluding hydrogens is 282 g/mol. The van der Waals surface area contributed by atoms with E-state index in [1.165, 1.54) is 6.33 Å². The second-order valence-corrected chi connectivity index (χ2v) is 4.87. The molecule has 0 spiro atoms. The first kappa shape index (κ1) is 13.2. The molecule has 3 heterocycles. The third-order valence-electron chi connectivity index (χ3n) is 3.07. The fourth-order valence-corrected chi connectivity index (χ4v) is 2.31. The number of imidazole rings is 1. The highest BCUT2D eigenvalue weighted by Gasteiger charge is 2.15. The van der Waals surface area contributed by atoms with Crippen LogP contribution in [0.15, 0.2) is 6.33 Å². The number of hydrogen-bond donors (Lipinski definition) is 3. The summed E-state index contributed by atoms with van der Waals surface area (Å²) in [5.41, 5.74) is 0.995. The van der Waals surface area contributed by atoms with Crippen LogP contribution in [0.1, 0.15) is 0 Å². The number of amides is 1. The van der Waals surface area contributed by atoms with Gasteiger partial charge in [0.05, 0.1) is 12.9 Å². The Morgan fingerprint density at radius 1 is 1.40 bits per heavy atom. The van der Waals surface area contributed by atoms with Gasteiger partial charge in [-0.05, 0) is 0 Å². The number of aromatic amines is 1. The highest BCUT2D eigenvalue weighted by Crippen LogP contribution is 2.18. The quantitative estimate of drug-likeness (QED) is 0.681. The van der Waals surface area contributed by atoms with Gasteiger partial charge in [-0.2, -0.15) is 9.97 Å². The molecule has 0 radical (unpaired) electrons. The molecule has 3 N–H and O–H groups in total. The number of rotatable bonds is 3. The maximum Gasteiger partial charge on any atom is 0.240 e. The van der Waals surface area contributed by atoms with Crippen LogP contribution in [-0.4, -0.2) is 63.5 Å². The Morgan fingerprint density at radius 3 is 3.00 bits per heavy atom. The van der Waals surface area contributed by atoms with Gasteiger partial charge in [0.15, 0.2) is 10.8 Å². The summed E-state index contributed by atoms with van der Waals surface area (Å²) in [5.74, 6) is 0.0209. The number of halogens is 1. The van der Waals surface area contributed by atoms with Crippen molar-refractivity contribution in [3.8, 4) is 0 Å². The van der Waals surface area contributed by atoms with Gasteiger partial charge < -0.3 is 10.3 Å². The lowest BCUT2D eigenvalue weighted by molar-refractivity contribution is -0.117. The molecule has 3 rings (SSSR count). The lowest BCUT2D eigenvalue weighted by Gasteiger charge is -2.26. The molecule has 0 aromatic carbocycles. The highest BCUT2D eigenvalue weighted by atomic mass is 35.5. The predicted molar refractivity (Wildman–Crippen MR) is 74.6 cm³/mol. The van der Waals surface area contributed by atoms with Crippen LogP contribution in [0.25, 0.3) is 11.2 Å². The number of piperazine rings is 1. The maximum absolute atomic E-state index is 11.9. The Hall–Kier alpha value is -1.77. The van der Waals surface area contributed by atoms with Crippen molar-refractivity contribution in [2.45, 2.75) is 0 Å². The number of carbonyl (C=O) groups is 1. The van der Waals surface area contributed by atoms with Crippen molar-refractivity contribution in [3.05, 3.63) is 11.5 Å². The Morgan fingerprint density at radius 2 is 2.20 bits per heavy atom. The van der Waals surface area contributed by atoms with Crippen molar-refractivity contribution >= 4 is 34.6 Å². The molecule has 0 bridgehead atoms. The summed E-state index contributed by atoms with van der Waals surface area (Å²) in [5, 5.41) is 6.13. The van der Waals surface area contributed by atoms with E-state index in [0.29, 0.717) is 17.7 Å². The third-order valence-corrected chi connectivity index (χ3v) is 3.34. The number of aromatic nitrogens is 4. The normalized spacial score (nSPS) is 16.4. The van der Waals surface area contributed by atoms with Gasteiger partial charge in [0.25, 0.3) is 0 Å². The van der Waals surface area contributed by atoms with E-state index in [9.17, 15) is 4.79 Å². The van der Waals surface area contributed by atoms with Crippen molar-refractivity contribution in [1.29, 1.82) is 0 Å². The molecule has 8 nitrogen and oxygen atoms in total. The molecule has 2 aromatic heterocycles. The van der Waals surface area contributed by atoms with Crippen LogP contribution in [0.3, 0.4) is 0 Å². The molecule has 1 aliphatic heterocycles. The first-order valence-corrected chi connectivity index (χ1v) is 6.70. The van der Waals surface area contributed by atoms with Gasteiger partial charge >= 0.3 is 0 Å². The Kier molecular flexibility index (Phi) is 3.77. The number of nitrogens with one attached hydrogen (secondary N) is 3. The smallest absolute Gasteiger partial charge is 0.240 e. The lowest BCUT2D eigenvalue weighted by atomic mass is 10.3. The van der Waals surface area contributed by atoms with Gasteiger partial charge in [-0.3, -0.25) is 15.0 Å². The standard InChI is InChI=1S/C11H14ClN7O/c12-9-8-10(15-6-14-8)18-11(17-9)16-7(20)5-19-3-1-13-2-4-19/h6,13H,1-5H2,(H2,14,15,16,17,18,20). The summed E-state index contributed by atoms with van der Waals surface area (Å²) in [4.78, 5) is 29.0. The van der Waals surface area contributed by atoms with E-state index in [0.717, 1.165) is 26.2 Å². The summed E-state index contributed by atoms with van der Waals surface area (Å²) in [6.45, 7) is 3.83. The number of anilines is 1. The van der Waals surface area contributed by atoms with Gasteiger partial charge in [-0.25, -0.2) is 4.98 Å². The van der Waals surface area contributed by atoms with Crippen molar-refractivity contribution in [1.82, 2.24) is 30.2 Å². The predicted octanol–water partition coefficient (Wildman–Crippen LogP) is -0.150. The summed E-state index contributed by atoms with van der Waals surface area (Å²) < 4.78 is 0. The molecule has 1 fully saturated rings. The minimum atomic E-state index is -0.155. The Balaban J connectivity index is 1.67. The van der Waals surface area contributed by atoms with Crippen LogP contribution < -0.4 is 10.6 Å². The van der Waals surface area contributed by atoms with E-state index in [2.05, 4.69) is 35.5 Å². The second-order valence-electron chi connectivity index (χ2n) is 4.51. The molecule has 0 aliphatic carbocycles. The topological polar surface area (TPSA) is 98.8 Å². The maximum atomic E-state index is 11.9. The molecule has 0 atom stereocenters. The van der Waals surface area contributed by atoms with Crippen molar-refractivity contribution in [2.24, 2.45) is 0 Å². The van der Waals surface area contributed by atoms with E-state index in [1.807, 2.05) is 0 Å². The summed E-state index contributed by atoms with van der Waals surface area (Å²) in [7, 11) is 0. The minimum Gasteiger partial charge on any atom is -0.341 e. The molecule has 2 aromatic rings. The lowest BCUT2D eigenvalue weighted by Crippen LogP contribution is -2.46. The summed E-state index contributed by atoms with van der Waals surface area (Å²) >= 11 is 5.99. The van der Waals surface area contributed by atoms with Crippen LogP contribution in [0, 0.1) is 0 Å². The number of H-pyrrole nitrogens is 1. The van der Waals surface area contributed by atoms with Crippen molar-refractivity contribution in [2.75, 3.05) is 38.0 Å². The first-order chi connectivity index (χ1) is 9.72. The SMILES string of the molecule is O=C(CN1CCNCC1)Nc1nc(Cl)c2[nH]cnc2n1. The number of carbonyl (C=O) groups excluding carboxylic acids is 1. The van der Waals surface area contributed by atoms with E-state index in [-0.39, 0.29) is 17.0 Å². The largest absolute Gasteiger partial charge is 0.341 e. The Labute approximate surface area is 119 Å². The van der Waals surface area contributed by atoms with Gasteiger partial charge in [-0.15, -0.1) is 0 Å². The van der Waals surface area contributed by atoms with Crippen molar-refractivity contribution in [3.63, 3.8) is 0 Å².